The van der Waals surface area contributed by atoms with Crippen LogP contribution in [0.3, 0.4) is 0 Å². The fraction of sp³-hybridized carbons (Fsp3) is 1.00. The van der Waals surface area contributed by atoms with Crippen LogP contribution in [0, 0.1) is 5.92 Å². The molecule has 1 heteroatoms. The summed E-state index contributed by atoms with van der Waals surface area (Å²) in [4.78, 5) is 0. The molecule has 11 heavy (non-hydrogen) atoms. The summed E-state index contributed by atoms with van der Waals surface area (Å²) in [6.45, 7) is 2.13. The Labute approximate surface area is 70.4 Å². The van der Waals surface area contributed by atoms with Crippen molar-refractivity contribution in [3.05, 3.63) is 0 Å². The summed E-state index contributed by atoms with van der Waals surface area (Å²) >= 11 is 0. The van der Waals surface area contributed by atoms with Crippen molar-refractivity contribution in [2.75, 3.05) is 0 Å². The maximum Gasteiger partial charge on any atom is 0.00131 e. The van der Waals surface area contributed by atoms with Crippen molar-refractivity contribution in [1.82, 2.24) is 0 Å². The standard InChI is InChI=1S/C10H21N/c1-9(11)8-10-6-4-2-3-5-7-10/h9-10H,2-8,11H2,1H3/t9-/m0/s1. The lowest BCUT2D eigenvalue weighted by molar-refractivity contribution is 0.399. The summed E-state index contributed by atoms with van der Waals surface area (Å²) in [5, 5.41) is 0. The molecule has 1 nitrogen and oxygen atoms in total. The van der Waals surface area contributed by atoms with Crippen LogP contribution in [0.1, 0.15) is 51.9 Å². The van der Waals surface area contributed by atoms with Gasteiger partial charge in [-0.2, -0.15) is 0 Å². The van der Waals surface area contributed by atoms with Crippen LogP contribution in [0.5, 0.6) is 0 Å². The largest absolute Gasteiger partial charge is 0.328 e. The van der Waals surface area contributed by atoms with Crippen LogP contribution in [-0.4, -0.2) is 6.04 Å². The van der Waals surface area contributed by atoms with Gasteiger partial charge in [0.25, 0.3) is 0 Å². The van der Waals surface area contributed by atoms with Gasteiger partial charge in [-0.3, -0.25) is 0 Å². The summed E-state index contributed by atoms with van der Waals surface area (Å²) in [6.07, 6.45) is 9.91. The molecule has 1 rings (SSSR count). The molecule has 0 radical (unpaired) electrons. The third kappa shape index (κ3) is 3.76. The molecule has 1 aliphatic carbocycles. The fourth-order valence-electron chi connectivity index (χ4n) is 2.13. The van der Waals surface area contributed by atoms with E-state index in [1.54, 1.807) is 0 Å². The zero-order valence-corrected chi connectivity index (χ0v) is 7.68. The molecule has 66 valence electrons. The van der Waals surface area contributed by atoms with E-state index >= 15 is 0 Å². The van der Waals surface area contributed by atoms with Gasteiger partial charge < -0.3 is 5.73 Å². The molecule has 0 spiro atoms. The van der Waals surface area contributed by atoms with E-state index in [0.29, 0.717) is 6.04 Å². The van der Waals surface area contributed by atoms with Crippen LogP contribution >= 0.6 is 0 Å². The number of hydrogen-bond donors (Lipinski definition) is 1. The topological polar surface area (TPSA) is 26.0 Å². The summed E-state index contributed by atoms with van der Waals surface area (Å²) in [5.41, 5.74) is 5.77. The van der Waals surface area contributed by atoms with Crippen LogP contribution < -0.4 is 5.73 Å². The molecule has 1 atom stereocenters. The van der Waals surface area contributed by atoms with Crippen LogP contribution in [0.15, 0.2) is 0 Å². The van der Waals surface area contributed by atoms with E-state index in [0.717, 1.165) is 5.92 Å². The van der Waals surface area contributed by atoms with Crippen LogP contribution in [0.2, 0.25) is 0 Å². The first kappa shape index (κ1) is 9.05. The van der Waals surface area contributed by atoms with E-state index in [-0.39, 0.29) is 0 Å². The van der Waals surface area contributed by atoms with Crippen molar-refractivity contribution in [3.8, 4) is 0 Å². The fourth-order valence-corrected chi connectivity index (χ4v) is 2.13. The molecule has 0 unspecified atom stereocenters. The van der Waals surface area contributed by atoms with Crippen LogP contribution in [0.4, 0.5) is 0 Å². The monoisotopic (exact) mass is 155 g/mol. The molecule has 1 aliphatic rings. The minimum absolute atomic E-state index is 0.415. The molecule has 0 saturated heterocycles. The van der Waals surface area contributed by atoms with Gasteiger partial charge >= 0.3 is 0 Å². The lowest BCUT2D eigenvalue weighted by Crippen LogP contribution is -2.19. The molecule has 0 bridgehead atoms. The highest BCUT2D eigenvalue weighted by atomic mass is 14.6. The van der Waals surface area contributed by atoms with Gasteiger partial charge in [-0.05, 0) is 19.3 Å². The Bertz CT molecular complexity index is 91.0. The van der Waals surface area contributed by atoms with Gasteiger partial charge in [0, 0.05) is 6.04 Å². The zero-order chi connectivity index (χ0) is 8.10. The summed E-state index contributed by atoms with van der Waals surface area (Å²) in [6, 6.07) is 0.415. The van der Waals surface area contributed by atoms with Crippen LogP contribution in [0.25, 0.3) is 0 Å². The highest BCUT2D eigenvalue weighted by Gasteiger charge is 2.12. The molecule has 2 N–H and O–H groups in total. The Morgan fingerprint density at radius 3 is 2.18 bits per heavy atom. The second-order valence-electron chi connectivity index (χ2n) is 4.07. The maximum atomic E-state index is 5.77. The number of nitrogens with two attached hydrogens (primary N) is 1. The van der Waals surface area contributed by atoms with E-state index in [2.05, 4.69) is 6.92 Å². The van der Waals surface area contributed by atoms with Crippen molar-refractivity contribution < 1.29 is 0 Å². The highest BCUT2D eigenvalue weighted by Crippen LogP contribution is 2.25. The minimum atomic E-state index is 0.415. The third-order valence-electron chi connectivity index (χ3n) is 2.68. The molecule has 1 fully saturated rings. The van der Waals surface area contributed by atoms with E-state index in [9.17, 15) is 0 Å². The molecule has 0 aromatic heterocycles. The van der Waals surface area contributed by atoms with Gasteiger partial charge in [0.1, 0.15) is 0 Å². The molecule has 0 aromatic carbocycles. The smallest absolute Gasteiger partial charge is 0.00131 e. The van der Waals surface area contributed by atoms with Gasteiger partial charge in [-0.15, -0.1) is 0 Å². The maximum absolute atomic E-state index is 5.77. The van der Waals surface area contributed by atoms with E-state index in [1.165, 1.54) is 44.9 Å². The summed E-state index contributed by atoms with van der Waals surface area (Å²) in [5.74, 6) is 0.942. The second kappa shape index (κ2) is 4.76. The molecule has 0 heterocycles. The predicted octanol–water partition coefficient (Wildman–Crippen LogP) is 2.69. The van der Waals surface area contributed by atoms with Crippen molar-refractivity contribution in [1.29, 1.82) is 0 Å². The lowest BCUT2D eigenvalue weighted by atomic mass is 9.94. The summed E-state index contributed by atoms with van der Waals surface area (Å²) < 4.78 is 0. The average molecular weight is 155 g/mol. The lowest BCUT2D eigenvalue weighted by Gasteiger charge is -2.15. The van der Waals surface area contributed by atoms with E-state index < -0.39 is 0 Å². The Morgan fingerprint density at radius 1 is 1.18 bits per heavy atom. The molecular weight excluding hydrogens is 134 g/mol. The SMILES string of the molecule is C[C@H](N)CC1CCCCCC1. The van der Waals surface area contributed by atoms with Gasteiger partial charge in [-0.1, -0.05) is 38.5 Å². The predicted molar refractivity (Wildman–Crippen MR) is 49.5 cm³/mol. The zero-order valence-electron chi connectivity index (χ0n) is 7.68. The molecule has 0 amide bonds. The van der Waals surface area contributed by atoms with Gasteiger partial charge in [0.05, 0.1) is 0 Å². The van der Waals surface area contributed by atoms with Crippen molar-refractivity contribution in [2.45, 2.75) is 57.9 Å². The molecular formula is C10H21N. The van der Waals surface area contributed by atoms with Gasteiger partial charge in [0.2, 0.25) is 0 Å². The van der Waals surface area contributed by atoms with Crippen molar-refractivity contribution in [2.24, 2.45) is 11.7 Å². The second-order valence-corrected chi connectivity index (χ2v) is 4.07. The summed E-state index contributed by atoms with van der Waals surface area (Å²) in [7, 11) is 0. The average Bonchev–Trinajstić information content (AvgIpc) is 2.14. The Kier molecular flexibility index (Phi) is 3.92. The first-order valence-electron chi connectivity index (χ1n) is 5.04. The van der Waals surface area contributed by atoms with E-state index in [4.69, 9.17) is 5.73 Å². The van der Waals surface area contributed by atoms with Crippen molar-refractivity contribution in [3.63, 3.8) is 0 Å². The third-order valence-corrected chi connectivity index (χ3v) is 2.68. The number of rotatable bonds is 2. The Morgan fingerprint density at radius 2 is 1.73 bits per heavy atom. The van der Waals surface area contributed by atoms with Crippen molar-refractivity contribution >= 4 is 0 Å². The quantitative estimate of drug-likeness (QED) is 0.610. The van der Waals surface area contributed by atoms with Crippen LogP contribution in [-0.2, 0) is 0 Å². The van der Waals surface area contributed by atoms with E-state index in [1.807, 2.05) is 0 Å². The first-order chi connectivity index (χ1) is 5.29. The Hall–Kier alpha value is -0.0400. The molecule has 0 aromatic rings. The molecule has 1 saturated carbocycles. The highest BCUT2D eigenvalue weighted by molar-refractivity contribution is 4.68. The first-order valence-corrected chi connectivity index (χ1v) is 5.04. The normalized spacial score (nSPS) is 24.5. The Balaban J connectivity index is 2.20. The minimum Gasteiger partial charge on any atom is -0.328 e. The van der Waals surface area contributed by atoms with Gasteiger partial charge in [-0.25, -0.2) is 0 Å². The number of hydrogen-bond acceptors (Lipinski definition) is 1. The van der Waals surface area contributed by atoms with Gasteiger partial charge in [0.15, 0.2) is 0 Å². The molecule has 0 aliphatic heterocycles.